The van der Waals surface area contributed by atoms with E-state index in [9.17, 15) is 4.79 Å². The van der Waals surface area contributed by atoms with Crippen molar-refractivity contribution in [3.63, 3.8) is 0 Å². The molecule has 0 radical (unpaired) electrons. The smallest absolute Gasteiger partial charge is 0.433 e. The molecule has 0 bridgehead atoms. The molecule has 0 spiro atoms. The third-order valence-electron chi connectivity index (χ3n) is 0.460. The van der Waals surface area contributed by atoms with Crippen LogP contribution in [0.25, 0.3) is 0 Å². The molecular weight excluding hydrogens is 106 g/mol. The molecule has 0 aliphatic carbocycles. The van der Waals surface area contributed by atoms with Gasteiger partial charge in [0.05, 0.1) is 7.11 Å². The molecule has 3 heteroatoms. The molecule has 0 aliphatic rings. The summed E-state index contributed by atoms with van der Waals surface area (Å²) in [5, 5.41) is 0. The normalized spacial score (nSPS) is 9.12. The van der Waals surface area contributed by atoms with Gasteiger partial charge in [-0.05, 0) is 0 Å². The highest BCUT2D eigenvalue weighted by atomic mass is 16.5. The summed E-state index contributed by atoms with van der Waals surface area (Å²) in [7, 11) is 1.27. The fraction of sp³-hybridized carbons (Fsp3) is 0.200. The second kappa shape index (κ2) is 4.05. The number of hydrogen-bond acceptors (Lipinski definition) is 2. The van der Waals surface area contributed by atoms with Crippen molar-refractivity contribution in [1.29, 1.82) is 0 Å². The highest BCUT2D eigenvalue weighted by Gasteiger charge is 1.86. The van der Waals surface area contributed by atoms with Gasteiger partial charge in [0.1, 0.15) is 0 Å². The van der Waals surface area contributed by atoms with Gasteiger partial charge in [0.15, 0.2) is 0 Å². The van der Waals surface area contributed by atoms with Gasteiger partial charge in [0.2, 0.25) is 0 Å². The molecule has 0 unspecified atom stereocenters. The highest BCUT2D eigenvalue weighted by molar-refractivity contribution is 5.83. The number of rotatable bonds is 1. The minimum absolute atomic E-state index is 0.607. The minimum Gasteiger partial charge on any atom is -0.451 e. The number of allylic oxidation sites excluding steroid dienone is 1. The maximum Gasteiger partial charge on any atom is 0.433 e. The van der Waals surface area contributed by atoms with Crippen LogP contribution in [0.15, 0.2) is 17.6 Å². The van der Waals surface area contributed by atoms with Crippen molar-refractivity contribution < 1.29 is 9.53 Å². The third-order valence-corrected chi connectivity index (χ3v) is 0.460. The first kappa shape index (κ1) is 6.88. The maximum atomic E-state index is 10.1. The molecule has 0 aromatic rings. The Labute approximate surface area is 47.7 Å². The van der Waals surface area contributed by atoms with Crippen LogP contribution >= 0.6 is 0 Å². The van der Waals surface area contributed by atoms with Crippen LogP contribution in [0.5, 0.6) is 0 Å². The van der Waals surface area contributed by atoms with Crippen molar-refractivity contribution in [3.8, 4) is 0 Å². The van der Waals surface area contributed by atoms with E-state index in [-0.39, 0.29) is 0 Å². The number of amides is 1. The van der Waals surface area contributed by atoms with Gasteiger partial charge in [-0.25, -0.2) is 4.79 Å². The molecule has 8 heavy (non-hydrogen) atoms. The number of aliphatic imine (C=N–C) groups is 1. The van der Waals surface area contributed by atoms with E-state index in [1.807, 2.05) is 0 Å². The van der Waals surface area contributed by atoms with Gasteiger partial charge in [-0.2, -0.15) is 4.99 Å². The van der Waals surface area contributed by atoms with Crippen LogP contribution in [-0.4, -0.2) is 19.4 Å². The molecule has 0 aromatic heterocycles. The number of carbonyl (C=O) groups excluding carboxylic acids is 1. The van der Waals surface area contributed by atoms with E-state index in [2.05, 4.69) is 16.3 Å². The number of nitrogens with zero attached hydrogens (tertiary/aromatic N) is 1. The largest absolute Gasteiger partial charge is 0.451 e. The van der Waals surface area contributed by atoms with E-state index >= 15 is 0 Å². The maximum absolute atomic E-state index is 10.1. The summed E-state index contributed by atoms with van der Waals surface area (Å²) in [4.78, 5) is 13.4. The highest BCUT2D eigenvalue weighted by Crippen LogP contribution is 1.75. The quantitative estimate of drug-likeness (QED) is 0.476. The molecule has 0 aromatic carbocycles. The molecular formula is C5H7NO2. The van der Waals surface area contributed by atoms with E-state index in [0.29, 0.717) is 0 Å². The Morgan fingerprint density at radius 3 is 2.88 bits per heavy atom. The zero-order valence-corrected chi connectivity index (χ0v) is 4.63. The topological polar surface area (TPSA) is 38.7 Å². The van der Waals surface area contributed by atoms with Gasteiger partial charge in [-0.1, -0.05) is 12.7 Å². The van der Waals surface area contributed by atoms with E-state index in [0.717, 1.165) is 0 Å². The van der Waals surface area contributed by atoms with E-state index in [4.69, 9.17) is 0 Å². The molecule has 0 saturated carbocycles. The molecule has 0 heterocycles. The molecule has 0 rings (SSSR count). The summed E-state index contributed by atoms with van der Waals surface area (Å²) < 4.78 is 4.17. The lowest BCUT2D eigenvalue weighted by molar-refractivity contribution is 0.183. The lowest BCUT2D eigenvalue weighted by Crippen LogP contribution is -1.90. The predicted octanol–water partition coefficient (Wildman–Crippen LogP) is 1.01. The molecule has 1 amide bonds. The van der Waals surface area contributed by atoms with Gasteiger partial charge in [-0.15, -0.1) is 0 Å². The summed E-state index contributed by atoms with van der Waals surface area (Å²) in [5.41, 5.74) is 0. The predicted molar refractivity (Wildman–Crippen MR) is 31.1 cm³/mol. The van der Waals surface area contributed by atoms with Crippen LogP contribution in [0.1, 0.15) is 0 Å². The van der Waals surface area contributed by atoms with Crippen molar-refractivity contribution in [2.24, 2.45) is 4.99 Å². The van der Waals surface area contributed by atoms with E-state index in [1.54, 1.807) is 0 Å². The Hall–Kier alpha value is -1.12. The number of hydrogen-bond donors (Lipinski definition) is 0. The number of methoxy groups -OCH3 is 1. The Morgan fingerprint density at radius 2 is 2.50 bits per heavy atom. The summed E-state index contributed by atoms with van der Waals surface area (Å²) >= 11 is 0. The molecule has 0 aliphatic heterocycles. The summed E-state index contributed by atoms with van der Waals surface area (Å²) in [6, 6.07) is 0. The fourth-order valence-corrected chi connectivity index (χ4v) is 0.166. The number of ether oxygens (including phenoxy) is 1. The van der Waals surface area contributed by atoms with Crippen molar-refractivity contribution in [1.82, 2.24) is 0 Å². The summed E-state index contributed by atoms with van der Waals surface area (Å²) in [6.07, 6.45) is 2.06. The lowest BCUT2D eigenvalue weighted by Gasteiger charge is -1.84. The van der Waals surface area contributed by atoms with Crippen LogP contribution in [0.4, 0.5) is 4.79 Å². The Kier molecular flexibility index (Phi) is 3.48. The molecule has 0 saturated heterocycles. The monoisotopic (exact) mass is 113 g/mol. The first-order valence-electron chi connectivity index (χ1n) is 2.04. The van der Waals surface area contributed by atoms with Crippen molar-refractivity contribution in [2.75, 3.05) is 7.11 Å². The zero-order valence-electron chi connectivity index (χ0n) is 4.63. The second-order valence-corrected chi connectivity index (χ2v) is 0.984. The van der Waals surface area contributed by atoms with Crippen molar-refractivity contribution >= 4 is 12.3 Å². The van der Waals surface area contributed by atoms with E-state index in [1.165, 1.54) is 19.4 Å². The molecule has 3 nitrogen and oxygen atoms in total. The first-order chi connectivity index (χ1) is 3.81. The Morgan fingerprint density at radius 1 is 1.88 bits per heavy atom. The van der Waals surface area contributed by atoms with Crippen LogP contribution in [0.3, 0.4) is 0 Å². The standard InChI is InChI=1S/C5H7NO2/c1-3-4-6-5(7)8-2/h3-4H,1H2,2H3. The summed E-state index contributed by atoms with van der Waals surface area (Å²) in [6.45, 7) is 3.31. The zero-order chi connectivity index (χ0) is 6.41. The van der Waals surface area contributed by atoms with Gasteiger partial charge >= 0.3 is 6.09 Å². The minimum atomic E-state index is -0.607. The van der Waals surface area contributed by atoms with Gasteiger partial charge < -0.3 is 4.74 Å². The molecule has 0 N–H and O–H groups in total. The molecule has 0 fully saturated rings. The average Bonchev–Trinajstić information content (AvgIpc) is 1.83. The Bertz CT molecular complexity index is 118. The van der Waals surface area contributed by atoms with Crippen molar-refractivity contribution in [2.45, 2.75) is 0 Å². The second-order valence-electron chi connectivity index (χ2n) is 0.984. The van der Waals surface area contributed by atoms with Gasteiger partial charge in [0.25, 0.3) is 0 Å². The van der Waals surface area contributed by atoms with Crippen molar-refractivity contribution in [3.05, 3.63) is 12.7 Å². The fourth-order valence-electron chi connectivity index (χ4n) is 0.166. The van der Waals surface area contributed by atoms with Crippen LogP contribution in [0, 0.1) is 0 Å². The third kappa shape index (κ3) is 3.08. The average molecular weight is 113 g/mol. The first-order valence-corrected chi connectivity index (χ1v) is 2.04. The van der Waals surface area contributed by atoms with Gasteiger partial charge in [0, 0.05) is 6.21 Å². The number of carbonyl (C=O) groups is 1. The van der Waals surface area contributed by atoms with Crippen LogP contribution < -0.4 is 0 Å². The Balaban J connectivity index is 3.52. The SMILES string of the molecule is C=CC=NC(=O)OC. The van der Waals surface area contributed by atoms with Crippen LogP contribution in [0.2, 0.25) is 0 Å². The van der Waals surface area contributed by atoms with E-state index < -0.39 is 6.09 Å². The molecule has 44 valence electrons. The van der Waals surface area contributed by atoms with Crippen LogP contribution in [-0.2, 0) is 4.74 Å². The van der Waals surface area contributed by atoms with Gasteiger partial charge in [-0.3, -0.25) is 0 Å². The summed E-state index contributed by atoms with van der Waals surface area (Å²) in [5.74, 6) is 0. The lowest BCUT2D eigenvalue weighted by atomic mass is 10.7. The molecule has 0 atom stereocenters.